The lowest BCUT2D eigenvalue weighted by Crippen LogP contribution is -2.14. The van der Waals surface area contributed by atoms with Crippen molar-refractivity contribution in [3.63, 3.8) is 0 Å². The normalized spacial score (nSPS) is 11.0. The Bertz CT molecular complexity index is 1040. The third-order valence-corrected chi connectivity index (χ3v) is 5.11. The van der Waals surface area contributed by atoms with Gasteiger partial charge in [0.2, 0.25) is 5.91 Å². The number of nitrogens with one attached hydrogen (secondary N) is 1. The van der Waals surface area contributed by atoms with E-state index in [0.717, 1.165) is 27.9 Å². The fourth-order valence-corrected chi connectivity index (χ4v) is 3.73. The maximum atomic E-state index is 12.3. The number of hydrogen-bond acceptors (Lipinski definition) is 4. The van der Waals surface area contributed by atoms with Crippen molar-refractivity contribution in [2.45, 2.75) is 19.8 Å². The molecule has 0 unspecified atom stereocenters. The van der Waals surface area contributed by atoms with Gasteiger partial charge in [-0.1, -0.05) is 36.5 Å². The van der Waals surface area contributed by atoms with E-state index in [1.165, 1.54) is 16.9 Å². The molecule has 0 bridgehead atoms. The summed E-state index contributed by atoms with van der Waals surface area (Å²) >= 11 is 1.51. The maximum absolute atomic E-state index is 12.3. The van der Waals surface area contributed by atoms with E-state index in [-0.39, 0.29) is 5.91 Å². The van der Waals surface area contributed by atoms with Gasteiger partial charge in [0.15, 0.2) is 5.13 Å². The molecule has 0 aliphatic rings. The molecular weight excluding hydrogens is 344 g/mol. The predicted molar refractivity (Wildman–Crippen MR) is 105 cm³/mol. The number of aromatic nitrogens is 3. The molecule has 0 aliphatic heterocycles. The highest BCUT2D eigenvalue weighted by molar-refractivity contribution is 7.22. The third-order valence-electron chi connectivity index (χ3n) is 4.18. The molecule has 4 aromatic rings. The van der Waals surface area contributed by atoms with Gasteiger partial charge in [-0.05, 0) is 47.9 Å². The first-order chi connectivity index (χ1) is 12.7. The SMILES string of the molecule is CCc1ccc2nc(NC(=O)Cc3ccc(-n4cccn4)cc3)sc2c1. The number of aryl methyl sites for hydroxylation is 1. The van der Waals surface area contributed by atoms with Gasteiger partial charge in [0.1, 0.15) is 0 Å². The van der Waals surface area contributed by atoms with Crippen LogP contribution in [0.1, 0.15) is 18.1 Å². The van der Waals surface area contributed by atoms with Crippen molar-refractivity contribution < 1.29 is 4.79 Å². The van der Waals surface area contributed by atoms with Crippen molar-refractivity contribution >= 4 is 32.6 Å². The monoisotopic (exact) mass is 362 g/mol. The average molecular weight is 362 g/mol. The number of nitrogens with zero attached hydrogens (tertiary/aromatic N) is 3. The number of rotatable bonds is 5. The zero-order chi connectivity index (χ0) is 17.9. The number of hydrogen-bond donors (Lipinski definition) is 1. The maximum Gasteiger partial charge on any atom is 0.230 e. The Morgan fingerprint density at radius 2 is 1.96 bits per heavy atom. The van der Waals surface area contributed by atoms with E-state index in [4.69, 9.17) is 0 Å². The second kappa shape index (κ2) is 7.09. The van der Waals surface area contributed by atoms with Crippen molar-refractivity contribution in [1.82, 2.24) is 14.8 Å². The molecule has 5 nitrogen and oxygen atoms in total. The highest BCUT2D eigenvalue weighted by Crippen LogP contribution is 2.27. The van der Waals surface area contributed by atoms with E-state index >= 15 is 0 Å². The van der Waals surface area contributed by atoms with Gasteiger partial charge in [-0.15, -0.1) is 0 Å². The van der Waals surface area contributed by atoms with Crippen LogP contribution < -0.4 is 5.32 Å². The first kappa shape index (κ1) is 16.5. The van der Waals surface area contributed by atoms with E-state index in [2.05, 4.69) is 34.5 Å². The third kappa shape index (κ3) is 3.50. The highest BCUT2D eigenvalue weighted by Gasteiger charge is 2.09. The van der Waals surface area contributed by atoms with Crippen molar-refractivity contribution in [2.75, 3.05) is 5.32 Å². The van der Waals surface area contributed by atoms with Crippen LogP contribution in [0.25, 0.3) is 15.9 Å². The second-order valence-corrected chi connectivity index (χ2v) is 7.05. The summed E-state index contributed by atoms with van der Waals surface area (Å²) in [5.41, 5.74) is 4.12. The molecule has 1 N–H and O–H groups in total. The van der Waals surface area contributed by atoms with E-state index in [1.807, 2.05) is 42.6 Å². The Morgan fingerprint density at radius 1 is 1.15 bits per heavy atom. The minimum absolute atomic E-state index is 0.0633. The molecule has 0 fully saturated rings. The molecule has 0 radical (unpaired) electrons. The summed E-state index contributed by atoms with van der Waals surface area (Å²) in [6.07, 6.45) is 4.93. The van der Waals surface area contributed by atoms with E-state index < -0.39 is 0 Å². The van der Waals surface area contributed by atoms with Gasteiger partial charge >= 0.3 is 0 Å². The first-order valence-corrected chi connectivity index (χ1v) is 9.31. The van der Waals surface area contributed by atoms with Gasteiger partial charge in [0.25, 0.3) is 0 Å². The lowest BCUT2D eigenvalue weighted by molar-refractivity contribution is -0.115. The largest absolute Gasteiger partial charge is 0.302 e. The highest BCUT2D eigenvalue weighted by atomic mass is 32.1. The Hall–Kier alpha value is -2.99. The Balaban J connectivity index is 1.43. The Labute approximate surface area is 155 Å². The lowest BCUT2D eigenvalue weighted by atomic mass is 10.1. The van der Waals surface area contributed by atoms with Crippen molar-refractivity contribution in [3.8, 4) is 5.69 Å². The van der Waals surface area contributed by atoms with Crippen molar-refractivity contribution in [2.24, 2.45) is 0 Å². The number of fused-ring (bicyclic) bond motifs is 1. The Kier molecular flexibility index (Phi) is 4.50. The predicted octanol–water partition coefficient (Wildman–Crippen LogP) is 4.23. The fraction of sp³-hybridized carbons (Fsp3) is 0.150. The molecular formula is C20H18N4OS. The van der Waals surface area contributed by atoms with Crippen LogP contribution in [0.3, 0.4) is 0 Å². The van der Waals surface area contributed by atoms with E-state index in [1.54, 1.807) is 10.9 Å². The molecule has 0 atom stereocenters. The van der Waals surface area contributed by atoms with Crippen LogP contribution in [0.15, 0.2) is 60.9 Å². The van der Waals surface area contributed by atoms with Gasteiger partial charge < -0.3 is 5.32 Å². The number of thiazole rings is 1. The molecule has 26 heavy (non-hydrogen) atoms. The summed E-state index contributed by atoms with van der Waals surface area (Å²) in [5.74, 6) is -0.0633. The zero-order valence-electron chi connectivity index (χ0n) is 14.3. The molecule has 2 aromatic heterocycles. The summed E-state index contributed by atoms with van der Waals surface area (Å²) in [4.78, 5) is 16.8. The van der Waals surface area contributed by atoms with Crippen LogP contribution in [0, 0.1) is 0 Å². The standard InChI is InChI=1S/C20H18N4OS/c1-2-14-6-9-17-18(12-14)26-20(22-17)23-19(25)13-15-4-7-16(8-5-15)24-11-3-10-21-24/h3-12H,2,13H2,1H3,(H,22,23,25). The average Bonchev–Trinajstić information content (AvgIpc) is 3.30. The van der Waals surface area contributed by atoms with Crippen LogP contribution >= 0.6 is 11.3 Å². The molecule has 0 spiro atoms. The number of amides is 1. The molecule has 0 aliphatic carbocycles. The molecule has 0 saturated carbocycles. The van der Waals surface area contributed by atoms with Crippen LogP contribution in [-0.2, 0) is 17.6 Å². The summed E-state index contributed by atoms with van der Waals surface area (Å²) in [6.45, 7) is 2.13. The summed E-state index contributed by atoms with van der Waals surface area (Å²) in [6, 6.07) is 15.9. The molecule has 2 heterocycles. The summed E-state index contributed by atoms with van der Waals surface area (Å²) in [5, 5.41) is 7.75. The lowest BCUT2D eigenvalue weighted by Gasteiger charge is -2.04. The van der Waals surface area contributed by atoms with E-state index in [9.17, 15) is 4.79 Å². The molecule has 4 rings (SSSR count). The smallest absolute Gasteiger partial charge is 0.230 e. The van der Waals surface area contributed by atoms with Crippen molar-refractivity contribution in [1.29, 1.82) is 0 Å². The minimum Gasteiger partial charge on any atom is -0.302 e. The van der Waals surface area contributed by atoms with Crippen LogP contribution in [0.2, 0.25) is 0 Å². The number of anilines is 1. The number of carbonyl (C=O) groups excluding carboxylic acids is 1. The zero-order valence-corrected chi connectivity index (χ0v) is 15.2. The van der Waals surface area contributed by atoms with Gasteiger partial charge in [-0.3, -0.25) is 4.79 Å². The van der Waals surface area contributed by atoms with Gasteiger partial charge in [0, 0.05) is 12.4 Å². The topological polar surface area (TPSA) is 59.8 Å². The van der Waals surface area contributed by atoms with Crippen LogP contribution in [-0.4, -0.2) is 20.7 Å². The number of carbonyl (C=O) groups is 1. The minimum atomic E-state index is -0.0633. The van der Waals surface area contributed by atoms with E-state index in [0.29, 0.717) is 11.6 Å². The first-order valence-electron chi connectivity index (χ1n) is 8.49. The molecule has 6 heteroatoms. The van der Waals surface area contributed by atoms with Gasteiger partial charge in [-0.25, -0.2) is 9.67 Å². The second-order valence-electron chi connectivity index (χ2n) is 6.02. The molecule has 0 saturated heterocycles. The quantitative estimate of drug-likeness (QED) is 0.578. The fourth-order valence-electron chi connectivity index (χ4n) is 2.78. The van der Waals surface area contributed by atoms with Gasteiger partial charge in [-0.2, -0.15) is 5.10 Å². The molecule has 2 aromatic carbocycles. The van der Waals surface area contributed by atoms with Gasteiger partial charge in [0.05, 0.1) is 22.3 Å². The summed E-state index contributed by atoms with van der Waals surface area (Å²) in [7, 11) is 0. The van der Waals surface area contributed by atoms with Crippen LogP contribution in [0.4, 0.5) is 5.13 Å². The number of benzene rings is 2. The van der Waals surface area contributed by atoms with Crippen LogP contribution in [0.5, 0.6) is 0 Å². The molecule has 1 amide bonds. The Morgan fingerprint density at radius 3 is 2.69 bits per heavy atom. The summed E-state index contributed by atoms with van der Waals surface area (Å²) < 4.78 is 2.89. The molecule has 130 valence electrons. The van der Waals surface area contributed by atoms with Crippen molar-refractivity contribution in [3.05, 3.63) is 72.1 Å².